The van der Waals surface area contributed by atoms with E-state index in [4.69, 9.17) is 0 Å². The van der Waals surface area contributed by atoms with Crippen LogP contribution < -0.4 is 10.2 Å². The largest absolute Gasteiger partial charge is 0.406 e. The van der Waals surface area contributed by atoms with E-state index in [0.29, 0.717) is 11.6 Å². The quantitative estimate of drug-likeness (QED) is 0.624. The first-order valence-electron chi connectivity index (χ1n) is 5.99. The van der Waals surface area contributed by atoms with Crippen LogP contribution in [0, 0.1) is 17.0 Å². The number of aryl methyl sites for hydroxylation is 1. The van der Waals surface area contributed by atoms with Crippen LogP contribution in [-0.4, -0.2) is 39.6 Å². The molecule has 1 fully saturated rings. The van der Waals surface area contributed by atoms with Gasteiger partial charge in [0.25, 0.3) is 0 Å². The van der Waals surface area contributed by atoms with Crippen LogP contribution in [0.5, 0.6) is 0 Å². The molecule has 0 radical (unpaired) electrons. The topological polar surface area (TPSA) is 76.2 Å². The maximum absolute atomic E-state index is 11.1. The van der Waals surface area contributed by atoms with E-state index < -0.39 is 4.92 Å². The van der Waals surface area contributed by atoms with Crippen molar-refractivity contribution >= 4 is 11.6 Å². The number of hydrogen-bond acceptors (Lipinski definition) is 5. The van der Waals surface area contributed by atoms with Gasteiger partial charge in [-0.3, -0.25) is 4.57 Å². The fraction of sp³-hybridized carbons (Fsp3) is 0.727. The van der Waals surface area contributed by atoms with E-state index in [1.54, 1.807) is 11.5 Å². The first-order valence-corrected chi connectivity index (χ1v) is 5.99. The fourth-order valence-electron chi connectivity index (χ4n) is 2.38. The van der Waals surface area contributed by atoms with Gasteiger partial charge in [-0.2, -0.15) is 0 Å². The monoisotopic (exact) mass is 253 g/mol. The minimum absolute atomic E-state index is 0.0484. The highest BCUT2D eigenvalue weighted by molar-refractivity contribution is 5.56. The molecule has 0 amide bonds. The van der Waals surface area contributed by atoms with Crippen LogP contribution in [0.15, 0.2) is 0 Å². The van der Waals surface area contributed by atoms with Gasteiger partial charge in [0.2, 0.25) is 11.6 Å². The van der Waals surface area contributed by atoms with Crippen LogP contribution in [0.2, 0.25) is 0 Å². The first-order chi connectivity index (χ1) is 8.32. The number of aromatic nitrogens is 2. The SMILES string of the molecule is Cc1nc([N+](=O)[O-])c(N2CCNC(C)(C)C2)n1C. The molecule has 0 saturated carbocycles. The smallest absolute Gasteiger partial charge is 0.358 e. The zero-order valence-electron chi connectivity index (χ0n) is 11.2. The van der Waals surface area contributed by atoms with Crippen molar-refractivity contribution in [1.82, 2.24) is 14.9 Å². The van der Waals surface area contributed by atoms with Gasteiger partial charge in [-0.25, -0.2) is 0 Å². The number of nitrogens with zero attached hydrogens (tertiary/aromatic N) is 4. The summed E-state index contributed by atoms with van der Waals surface area (Å²) in [6.45, 7) is 8.26. The predicted octanol–water partition coefficient (Wildman–Crippen LogP) is 0.825. The van der Waals surface area contributed by atoms with E-state index in [9.17, 15) is 10.1 Å². The van der Waals surface area contributed by atoms with Crippen LogP contribution in [-0.2, 0) is 7.05 Å². The minimum atomic E-state index is -0.405. The molecule has 2 rings (SSSR count). The number of anilines is 1. The van der Waals surface area contributed by atoms with Gasteiger partial charge >= 0.3 is 5.82 Å². The van der Waals surface area contributed by atoms with Crippen molar-refractivity contribution < 1.29 is 4.92 Å². The second-order valence-corrected chi connectivity index (χ2v) is 5.35. The summed E-state index contributed by atoms with van der Waals surface area (Å²) in [4.78, 5) is 16.7. The van der Waals surface area contributed by atoms with Crippen LogP contribution >= 0.6 is 0 Å². The summed E-state index contributed by atoms with van der Waals surface area (Å²) in [5.41, 5.74) is -0.0513. The average Bonchev–Trinajstić information content (AvgIpc) is 2.54. The van der Waals surface area contributed by atoms with Gasteiger partial charge < -0.3 is 20.3 Å². The van der Waals surface area contributed by atoms with Gasteiger partial charge in [0.15, 0.2) is 0 Å². The van der Waals surface area contributed by atoms with E-state index in [1.165, 1.54) is 0 Å². The zero-order valence-corrected chi connectivity index (χ0v) is 11.2. The number of imidazole rings is 1. The van der Waals surface area contributed by atoms with E-state index >= 15 is 0 Å². The Morgan fingerprint density at radius 2 is 2.17 bits per heavy atom. The third kappa shape index (κ3) is 2.17. The van der Waals surface area contributed by atoms with Gasteiger partial charge in [-0.05, 0) is 23.8 Å². The highest BCUT2D eigenvalue weighted by atomic mass is 16.6. The Morgan fingerprint density at radius 3 is 2.72 bits per heavy atom. The van der Waals surface area contributed by atoms with Gasteiger partial charge in [0.1, 0.15) is 0 Å². The lowest BCUT2D eigenvalue weighted by Crippen LogP contribution is -2.57. The molecular weight excluding hydrogens is 234 g/mol. The molecule has 1 aliphatic rings. The zero-order chi connectivity index (χ0) is 13.5. The predicted molar refractivity (Wildman–Crippen MR) is 68.9 cm³/mol. The lowest BCUT2D eigenvalue weighted by atomic mass is 10.0. The lowest BCUT2D eigenvalue weighted by Gasteiger charge is -2.39. The standard InChI is InChI=1S/C11H19N5O2/c1-8-13-9(16(17)18)10(14(8)4)15-6-5-12-11(2,3)7-15/h12H,5-7H2,1-4H3. The van der Waals surface area contributed by atoms with Crippen molar-refractivity contribution in [2.75, 3.05) is 24.5 Å². The molecule has 1 saturated heterocycles. The van der Waals surface area contributed by atoms with Crippen LogP contribution in [0.1, 0.15) is 19.7 Å². The van der Waals surface area contributed by atoms with Crippen molar-refractivity contribution in [1.29, 1.82) is 0 Å². The molecule has 0 aromatic carbocycles. The number of hydrogen-bond donors (Lipinski definition) is 1. The van der Waals surface area contributed by atoms with Crippen molar-refractivity contribution in [3.63, 3.8) is 0 Å². The second-order valence-electron chi connectivity index (χ2n) is 5.35. The fourth-order valence-corrected chi connectivity index (χ4v) is 2.38. The van der Waals surface area contributed by atoms with Gasteiger partial charge in [-0.15, -0.1) is 0 Å². The normalized spacial score (nSPS) is 19.0. The second kappa shape index (κ2) is 4.24. The molecule has 1 aliphatic heterocycles. The van der Waals surface area contributed by atoms with Gasteiger partial charge in [0, 0.05) is 39.1 Å². The van der Waals surface area contributed by atoms with Gasteiger partial charge in [-0.1, -0.05) is 0 Å². The summed E-state index contributed by atoms with van der Waals surface area (Å²) in [6.07, 6.45) is 0. The van der Waals surface area contributed by atoms with Crippen LogP contribution in [0.3, 0.4) is 0 Å². The van der Waals surface area contributed by atoms with E-state index in [0.717, 1.165) is 19.6 Å². The molecule has 7 heteroatoms. The number of piperazine rings is 1. The van der Waals surface area contributed by atoms with E-state index in [-0.39, 0.29) is 11.4 Å². The third-order valence-corrected chi connectivity index (χ3v) is 3.31. The Labute approximate surface area is 106 Å². The summed E-state index contributed by atoms with van der Waals surface area (Å²) in [7, 11) is 1.82. The summed E-state index contributed by atoms with van der Waals surface area (Å²) >= 11 is 0. The molecule has 0 bridgehead atoms. The molecule has 0 aliphatic carbocycles. The Bertz CT molecular complexity index is 480. The van der Waals surface area contributed by atoms with Crippen molar-refractivity contribution in [3.05, 3.63) is 15.9 Å². The summed E-state index contributed by atoms with van der Waals surface area (Å²) in [5, 5.41) is 14.5. The molecule has 1 aromatic rings. The maximum Gasteiger partial charge on any atom is 0.406 e. The first kappa shape index (κ1) is 12.8. The molecular formula is C11H19N5O2. The minimum Gasteiger partial charge on any atom is -0.358 e. The Morgan fingerprint density at radius 1 is 1.50 bits per heavy atom. The molecule has 100 valence electrons. The van der Waals surface area contributed by atoms with Crippen molar-refractivity contribution in [2.45, 2.75) is 26.3 Å². The number of nitro groups is 1. The van der Waals surface area contributed by atoms with Crippen LogP contribution in [0.25, 0.3) is 0 Å². The number of rotatable bonds is 2. The molecule has 0 spiro atoms. The van der Waals surface area contributed by atoms with Gasteiger partial charge in [0.05, 0.1) is 0 Å². The van der Waals surface area contributed by atoms with Crippen molar-refractivity contribution in [3.8, 4) is 0 Å². The lowest BCUT2D eigenvalue weighted by molar-refractivity contribution is -0.388. The molecule has 7 nitrogen and oxygen atoms in total. The maximum atomic E-state index is 11.1. The highest BCUT2D eigenvalue weighted by Crippen LogP contribution is 2.29. The Hall–Kier alpha value is -1.63. The summed E-state index contributed by atoms with van der Waals surface area (Å²) in [6, 6.07) is 0. The molecule has 1 N–H and O–H groups in total. The molecule has 18 heavy (non-hydrogen) atoms. The molecule has 0 atom stereocenters. The Balaban J connectivity index is 2.41. The molecule has 2 heterocycles. The molecule has 0 unspecified atom stereocenters. The summed E-state index contributed by atoms with van der Waals surface area (Å²) in [5.74, 6) is 1.22. The summed E-state index contributed by atoms with van der Waals surface area (Å²) < 4.78 is 1.79. The van der Waals surface area contributed by atoms with E-state index in [2.05, 4.69) is 24.1 Å². The van der Waals surface area contributed by atoms with Crippen molar-refractivity contribution in [2.24, 2.45) is 7.05 Å². The third-order valence-electron chi connectivity index (χ3n) is 3.31. The van der Waals surface area contributed by atoms with E-state index in [1.807, 2.05) is 11.9 Å². The average molecular weight is 253 g/mol. The van der Waals surface area contributed by atoms with Crippen LogP contribution in [0.4, 0.5) is 11.6 Å². The molecule has 1 aromatic heterocycles. The number of nitrogens with one attached hydrogen (secondary N) is 1. The highest BCUT2D eigenvalue weighted by Gasteiger charge is 2.33. The Kier molecular flexibility index (Phi) is 3.02.